The summed E-state index contributed by atoms with van der Waals surface area (Å²) in [5.41, 5.74) is 1.17. The molecule has 0 unspecified atom stereocenters. The molecule has 1 saturated heterocycles. The summed E-state index contributed by atoms with van der Waals surface area (Å²) in [5, 5.41) is 19.1. The SMILES string of the molecule is OCC[C@H]1CN(Cc2cccc(O)c2)CCN1CC1CCCCC1. The van der Waals surface area contributed by atoms with Crippen molar-refractivity contribution < 1.29 is 10.2 Å². The minimum Gasteiger partial charge on any atom is -0.508 e. The predicted molar refractivity (Wildman–Crippen MR) is 97.0 cm³/mol. The van der Waals surface area contributed by atoms with Gasteiger partial charge in [-0.05, 0) is 42.9 Å². The van der Waals surface area contributed by atoms with Crippen LogP contribution in [0.5, 0.6) is 5.75 Å². The van der Waals surface area contributed by atoms with Gasteiger partial charge in [-0.3, -0.25) is 9.80 Å². The normalized spacial score (nSPS) is 24.3. The van der Waals surface area contributed by atoms with Crippen LogP contribution < -0.4 is 0 Å². The van der Waals surface area contributed by atoms with E-state index in [1.807, 2.05) is 12.1 Å². The van der Waals surface area contributed by atoms with Gasteiger partial charge in [0, 0.05) is 45.4 Å². The average Bonchev–Trinajstić information content (AvgIpc) is 2.58. The van der Waals surface area contributed by atoms with E-state index in [0.717, 1.165) is 38.5 Å². The highest BCUT2D eigenvalue weighted by atomic mass is 16.3. The lowest BCUT2D eigenvalue weighted by Gasteiger charge is -2.43. The van der Waals surface area contributed by atoms with E-state index >= 15 is 0 Å². The van der Waals surface area contributed by atoms with Crippen molar-refractivity contribution in [3.05, 3.63) is 29.8 Å². The summed E-state index contributed by atoms with van der Waals surface area (Å²) in [6.45, 7) is 5.55. The lowest BCUT2D eigenvalue weighted by atomic mass is 9.88. The van der Waals surface area contributed by atoms with Gasteiger partial charge in [0.05, 0.1) is 0 Å². The molecular formula is C20H32N2O2. The van der Waals surface area contributed by atoms with E-state index in [4.69, 9.17) is 0 Å². The van der Waals surface area contributed by atoms with Gasteiger partial charge in [-0.1, -0.05) is 31.4 Å². The van der Waals surface area contributed by atoms with Gasteiger partial charge >= 0.3 is 0 Å². The van der Waals surface area contributed by atoms with Gasteiger partial charge in [-0.25, -0.2) is 0 Å². The molecule has 1 aliphatic heterocycles. The first-order chi connectivity index (χ1) is 11.7. The second kappa shape index (κ2) is 8.84. The molecule has 0 aromatic heterocycles. The largest absolute Gasteiger partial charge is 0.508 e. The fourth-order valence-corrected chi connectivity index (χ4v) is 4.38. The first kappa shape index (κ1) is 17.7. The smallest absolute Gasteiger partial charge is 0.115 e. The summed E-state index contributed by atoms with van der Waals surface area (Å²) in [4.78, 5) is 5.09. The first-order valence-corrected chi connectivity index (χ1v) is 9.60. The van der Waals surface area contributed by atoms with Crippen molar-refractivity contribution in [1.29, 1.82) is 0 Å². The van der Waals surface area contributed by atoms with Crippen LogP contribution in [0.15, 0.2) is 24.3 Å². The van der Waals surface area contributed by atoms with Crippen molar-refractivity contribution in [1.82, 2.24) is 9.80 Å². The lowest BCUT2D eigenvalue weighted by Crippen LogP contribution is -2.54. The number of phenols is 1. The number of phenolic OH excluding ortho intramolecular Hbond substituents is 1. The molecule has 4 heteroatoms. The van der Waals surface area contributed by atoms with Crippen LogP contribution in [0.4, 0.5) is 0 Å². The van der Waals surface area contributed by atoms with Crippen molar-refractivity contribution in [3.8, 4) is 5.75 Å². The molecule has 1 aromatic carbocycles. The number of nitrogens with zero attached hydrogens (tertiary/aromatic N) is 2. The third-order valence-corrected chi connectivity index (χ3v) is 5.69. The summed E-state index contributed by atoms with van der Waals surface area (Å²) in [6, 6.07) is 8.03. The summed E-state index contributed by atoms with van der Waals surface area (Å²) in [6.07, 6.45) is 7.84. The average molecular weight is 332 g/mol. The van der Waals surface area contributed by atoms with Crippen LogP contribution in [0, 0.1) is 5.92 Å². The Morgan fingerprint density at radius 3 is 2.67 bits per heavy atom. The van der Waals surface area contributed by atoms with Gasteiger partial charge in [-0.2, -0.15) is 0 Å². The third-order valence-electron chi connectivity index (χ3n) is 5.69. The Labute approximate surface area is 146 Å². The Balaban J connectivity index is 1.55. The van der Waals surface area contributed by atoms with E-state index in [-0.39, 0.29) is 6.61 Å². The fraction of sp³-hybridized carbons (Fsp3) is 0.700. The van der Waals surface area contributed by atoms with Crippen molar-refractivity contribution in [2.45, 2.75) is 51.1 Å². The maximum atomic E-state index is 9.64. The Morgan fingerprint density at radius 2 is 1.92 bits per heavy atom. The molecular weight excluding hydrogens is 300 g/mol. The molecule has 2 fully saturated rings. The maximum Gasteiger partial charge on any atom is 0.115 e. The van der Waals surface area contributed by atoms with Crippen molar-refractivity contribution in [3.63, 3.8) is 0 Å². The van der Waals surface area contributed by atoms with Crippen LogP contribution in [0.25, 0.3) is 0 Å². The minimum atomic E-state index is 0.270. The molecule has 0 radical (unpaired) electrons. The molecule has 4 nitrogen and oxygen atoms in total. The van der Waals surface area contributed by atoms with Gasteiger partial charge in [-0.15, -0.1) is 0 Å². The van der Waals surface area contributed by atoms with Crippen LogP contribution in [0.3, 0.4) is 0 Å². The number of aliphatic hydroxyl groups excluding tert-OH is 1. The molecule has 1 aromatic rings. The van der Waals surface area contributed by atoms with E-state index in [1.54, 1.807) is 6.07 Å². The molecule has 2 N–H and O–H groups in total. The number of piperazine rings is 1. The molecule has 0 amide bonds. The van der Waals surface area contributed by atoms with Gasteiger partial charge in [0.2, 0.25) is 0 Å². The number of hydrogen-bond donors (Lipinski definition) is 2. The highest BCUT2D eigenvalue weighted by Crippen LogP contribution is 2.26. The molecule has 24 heavy (non-hydrogen) atoms. The summed E-state index contributed by atoms with van der Waals surface area (Å²) < 4.78 is 0. The molecule has 1 aliphatic carbocycles. The number of benzene rings is 1. The highest BCUT2D eigenvalue weighted by molar-refractivity contribution is 5.27. The zero-order valence-corrected chi connectivity index (χ0v) is 14.7. The molecule has 134 valence electrons. The molecule has 0 bridgehead atoms. The van der Waals surface area contributed by atoms with Crippen molar-refractivity contribution in [2.24, 2.45) is 5.92 Å². The van der Waals surface area contributed by atoms with E-state index in [1.165, 1.54) is 44.2 Å². The van der Waals surface area contributed by atoms with Crippen LogP contribution in [0.2, 0.25) is 0 Å². The van der Waals surface area contributed by atoms with Crippen LogP contribution in [0.1, 0.15) is 44.1 Å². The van der Waals surface area contributed by atoms with E-state index in [9.17, 15) is 10.2 Å². The zero-order chi connectivity index (χ0) is 16.8. The van der Waals surface area contributed by atoms with Crippen LogP contribution in [-0.2, 0) is 6.54 Å². The molecule has 1 saturated carbocycles. The Bertz CT molecular complexity index is 502. The monoisotopic (exact) mass is 332 g/mol. The molecule has 2 aliphatic rings. The fourth-order valence-electron chi connectivity index (χ4n) is 4.38. The van der Waals surface area contributed by atoms with Gasteiger partial charge < -0.3 is 10.2 Å². The lowest BCUT2D eigenvalue weighted by molar-refractivity contribution is 0.0400. The van der Waals surface area contributed by atoms with E-state index in [2.05, 4.69) is 15.9 Å². The summed E-state index contributed by atoms with van der Waals surface area (Å²) in [5.74, 6) is 1.20. The van der Waals surface area contributed by atoms with Gasteiger partial charge in [0.25, 0.3) is 0 Å². The number of rotatable bonds is 6. The standard InChI is InChI=1S/C20H32N2O2/c23-12-9-19-16-21(14-18-7-4-8-20(24)13-18)10-11-22(19)15-17-5-2-1-3-6-17/h4,7-8,13,17,19,23-24H,1-3,5-6,9-12,14-16H2/t19-/m0/s1. The van der Waals surface area contributed by atoms with Gasteiger partial charge in [0.1, 0.15) is 5.75 Å². The van der Waals surface area contributed by atoms with Crippen LogP contribution >= 0.6 is 0 Å². The molecule has 3 rings (SSSR count). The third kappa shape index (κ3) is 4.95. The predicted octanol–water partition coefficient (Wildman–Crippen LogP) is 2.84. The number of aliphatic hydroxyl groups is 1. The van der Waals surface area contributed by atoms with Crippen molar-refractivity contribution in [2.75, 3.05) is 32.8 Å². The summed E-state index contributed by atoms with van der Waals surface area (Å²) in [7, 11) is 0. The molecule has 1 heterocycles. The Morgan fingerprint density at radius 1 is 1.08 bits per heavy atom. The maximum absolute atomic E-state index is 9.64. The molecule has 1 atom stereocenters. The minimum absolute atomic E-state index is 0.270. The van der Waals surface area contributed by atoms with Gasteiger partial charge in [0.15, 0.2) is 0 Å². The highest BCUT2D eigenvalue weighted by Gasteiger charge is 2.28. The Hall–Kier alpha value is -1.10. The zero-order valence-electron chi connectivity index (χ0n) is 14.7. The Kier molecular flexibility index (Phi) is 6.52. The quantitative estimate of drug-likeness (QED) is 0.841. The number of aromatic hydroxyl groups is 1. The number of hydrogen-bond acceptors (Lipinski definition) is 4. The second-order valence-corrected chi connectivity index (χ2v) is 7.57. The van der Waals surface area contributed by atoms with Crippen molar-refractivity contribution >= 4 is 0 Å². The van der Waals surface area contributed by atoms with E-state index in [0.29, 0.717) is 11.8 Å². The first-order valence-electron chi connectivity index (χ1n) is 9.60. The second-order valence-electron chi connectivity index (χ2n) is 7.57. The molecule has 0 spiro atoms. The van der Waals surface area contributed by atoms with Crippen LogP contribution in [-0.4, -0.2) is 58.8 Å². The summed E-state index contributed by atoms with van der Waals surface area (Å²) >= 11 is 0. The van der Waals surface area contributed by atoms with E-state index < -0.39 is 0 Å². The topological polar surface area (TPSA) is 46.9 Å².